The summed E-state index contributed by atoms with van der Waals surface area (Å²) in [6.07, 6.45) is 0.339. The SMILES string of the molecule is N=C(N)CCN(CCSC(F)(F)F)c1ccccc1. The molecule has 0 atom stereocenters. The predicted molar refractivity (Wildman–Crippen MR) is 73.7 cm³/mol. The van der Waals surface area contributed by atoms with Crippen molar-refractivity contribution in [3.05, 3.63) is 30.3 Å². The van der Waals surface area contributed by atoms with Gasteiger partial charge in [-0.3, -0.25) is 5.41 Å². The number of nitrogens with one attached hydrogen (secondary N) is 1. The average molecular weight is 291 g/mol. The number of nitrogens with two attached hydrogens (primary N) is 1. The molecule has 0 amide bonds. The van der Waals surface area contributed by atoms with Crippen LogP contribution in [0.3, 0.4) is 0 Å². The fourth-order valence-corrected chi connectivity index (χ4v) is 2.08. The molecule has 0 bridgehead atoms. The largest absolute Gasteiger partial charge is 0.441 e. The Kier molecular flexibility index (Phi) is 6.01. The van der Waals surface area contributed by atoms with Crippen molar-refractivity contribution in [2.24, 2.45) is 5.73 Å². The summed E-state index contributed by atoms with van der Waals surface area (Å²) in [5.74, 6) is -0.0135. The van der Waals surface area contributed by atoms with Gasteiger partial charge in [0, 0.05) is 31.0 Å². The van der Waals surface area contributed by atoms with Gasteiger partial charge in [-0.15, -0.1) is 0 Å². The minimum absolute atomic E-state index is 0.0319. The highest BCUT2D eigenvalue weighted by atomic mass is 32.2. The van der Waals surface area contributed by atoms with Crippen molar-refractivity contribution < 1.29 is 13.2 Å². The van der Waals surface area contributed by atoms with Crippen LogP contribution in [0, 0.1) is 5.41 Å². The lowest BCUT2D eigenvalue weighted by Crippen LogP contribution is -2.30. The number of benzene rings is 1. The first-order valence-electron chi connectivity index (χ1n) is 5.72. The predicted octanol–water partition coefficient (Wildman–Crippen LogP) is 3.07. The zero-order valence-electron chi connectivity index (χ0n) is 10.3. The quantitative estimate of drug-likeness (QED) is 0.599. The van der Waals surface area contributed by atoms with Gasteiger partial charge in [-0.1, -0.05) is 18.2 Å². The molecule has 1 rings (SSSR count). The maximum absolute atomic E-state index is 12.1. The molecule has 1 aromatic rings. The van der Waals surface area contributed by atoms with Crippen molar-refractivity contribution in [1.29, 1.82) is 5.41 Å². The molecule has 0 heterocycles. The first-order valence-corrected chi connectivity index (χ1v) is 6.70. The van der Waals surface area contributed by atoms with E-state index in [4.69, 9.17) is 11.1 Å². The molecule has 0 aliphatic carbocycles. The van der Waals surface area contributed by atoms with Gasteiger partial charge in [-0.25, -0.2) is 0 Å². The van der Waals surface area contributed by atoms with Crippen LogP contribution in [0.1, 0.15) is 6.42 Å². The van der Waals surface area contributed by atoms with E-state index < -0.39 is 5.51 Å². The van der Waals surface area contributed by atoms with E-state index >= 15 is 0 Å². The highest BCUT2D eigenvalue weighted by Crippen LogP contribution is 2.30. The number of amidine groups is 1. The van der Waals surface area contributed by atoms with E-state index in [2.05, 4.69) is 0 Å². The third kappa shape index (κ3) is 6.95. The van der Waals surface area contributed by atoms with Crippen LogP contribution in [0.4, 0.5) is 18.9 Å². The number of alkyl halides is 3. The average Bonchev–Trinajstić information content (AvgIpc) is 2.33. The van der Waals surface area contributed by atoms with Crippen LogP contribution in [-0.2, 0) is 0 Å². The lowest BCUT2D eigenvalue weighted by molar-refractivity contribution is -0.0327. The van der Waals surface area contributed by atoms with Crippen LogP contribution in [0.25, 0.3) is 0 Å². The molecule has 0 saturated heterocycles. The zero-order chi connectivity index (χ0) is 14.3. The highest BCUT2D eigenvalue weighted by molar-refractivity contribution is 8.00. The van der Waals surface area contributed by atoms with Crippen molar-refractivity contribution in [3.63, 3.8) is 0 Å². The zero-order valence-corrected chi connectivity index (χ0v) is 11.1. The number of hydrogen-bond acceptors (Lipinski definition) is 3. The van der Waals surface area contributed by atoms with Gasteiger partial charge in [0.1, 0.15) is 0 Å². The molecule has 106 valence electrons. The van der Waals surface area contributed by atoms with E-state index in [0.29, 0.717) is 13.0 Å². The Labute approximate surface area is 114 Å². The van der Waals surface area contributed by atoms with Crippen LogP contribution in [-0.4, -0.2) is 30.2 Å². The monoisotopic (exact) mass is 291 g/mol. The highest BCUT2D eigenvalue weighted by Gasteiger charge is 2.27. The lowest BCUT2D eigenvalue weighted by atomic mass is 10.2. The second kappa shape index (κ2) is 7.28. The van der Waals surface area contributed by atoms with Gasteiger partial charge >= 0.3 is 5.51 Å². The maximum Gasteiger partial charge on any atom is 0.441 e. The normalized spacial score (nSPS) is 11.3. The summed E-state index contributed by atoms with van der Waals surface area (Å²) in [5, 5.41) is 7.19. The van der Waals surface area contributed by atoms with E-state index in [9.17, 15) is 13.2 Å². The Bertz CT molecular complexity index is 395. The van der Waals surface area contributed by atoms with E-state index in [1.807, 2.05) is 30.3 Å². The van der Waals surface area contributed by atoms with Crippen molar-refractivity contribution in [2.75, 3.05) is 23.7 Å². The van der Waals surface area contributed by atoms with Gasteiger partial charge in [-0.2, -0.15) is 13.2 Å². The fourth-order valence-electron chi connectivity index (χ4n) is 1.54. The summed E-state index contributed by atoms with van der Waals surface area (Å²) >= 11 is -0.0358. The Morgan fingerprint density at radius 1 is 1.21 bits per heavy atom. The molecule has 3 nitrogen and oxygen atoms in total. The van der Waals surface area contributed by atoms with Gasteiger partial charge in [0.2, 0.25) is 0 Å². The molecule has 3 N–H and O–H groups in total. The Morgan fingerprint density at radius 2 is 1.84 bits per heavy atom. The summed E-state index contributed by atoms with van der Waals surface area (Å²) in [4.78, 5) is 1.81. The molecule has 0 aromatic heterocycles. The third-order valence-electron chi connectivity index (χ3n) is 2.40. The summed E-state index contributed by atoms with van der Waals surface area (Å²) in [7, 11) is 0. The Hall–Kier alpha value is -1.37. The molecule has 0 saturated carbocycles. The minimum Gasteiger partial charge on any atom is -0.388 e. The number of hydrogen-bond donors (Lipinski definition) is 2. The number of para-hydroxylation sites is 1. The van der Waals surface area contributed by atoms with Gasteiger partial charge < -0.3 is 10.6 Å². The van der Waals surface area contributed by atoms with Crippen LogP contribution < -0.4 is 10.6 Å². The molecule has 19 heavy (non-hydrogen) atoms. The second-order valence-electron chi connectivity index (χ2n) is 3.89. The van der Waals surface area contributed by atoms with Crippen LogP contribution in [0.5, 0.6) is 0 Å². The first kappa shape index (κ1) is 15.7. The summed E-state index contributed by atoms with van der Waals surface area (Å²) in [5.41, 5.74) is 1.92. The number of nitrogens with zero attached hydrogens (tertiary/aromatic N) is 1. The van der Waals surface area contributed by atoms with Gasteiger partial charge in [0.25, 0.3) is 0 Å². The van der Waals surface area contributed by atoms with E-state index in [1.165, 1.54) is 0 Å². The number of thioether (sulfide) groups is 1. The van der Waals surface area contributed by atoms with E-state index in [-0.39, 0.29) is 29.9 Å². The van der Waals surface area contributed by atoms with Gasteiger partial charge in [0.15, 0.2) is 0 Å². The standard InChI is InChI=1S/C12H16F3N3S/c13-12(14,15)19-9-8-18(7-6-11(16)17)10-4-2-1-3-5-10/h1-5H,6-9H2,(H3,16,17). The van der Waals surface area contributed by atoms with Gasteiger partial charge in [0.05, 0.1) is 5.84 Å². The van der Waals surface area contributed by atoms with E-state index in [0.717, 1.165) is 5.69 Å². The smallest absolute Gasteiger partial charge is 0.388 e. The molecule has 0 aliphatic rings. The summed E-state index contributed by atoms with van der Waals surface area (Å²) in [6, 6.07) is 9.16. The van der Waals surface area contributed by atoms with Crippen LogP contribution >= 0.6 is 11.8 Å². The summed E-state index contributed by atoms with van der Waals surface area (Å²) in [6.45, 7) is 0.708. The van der Waals surface area contributed by atoms with Crippen LogP contribution in [0.2, 0.25) is 0 Å². The molecule has 0 radical (unpaired) electrons. The third-order valence-corrected chi connectivity index (χ3v) is 3.11. The minimum atomic E-state index is -4.21. The van der Waals surface area contributed by atoms with Crippen molar-refractivity contribution in [3.8, 4) is 0 Å². The molecular weight excluding hydrogens is 275 g/mol. The number of rotatable bonds is 7. The van der Waals surface area contributed by atoms with E-state index in [1.54, 1.807) is 4.90 Å². The van der Waals surface area contributed by atoms with Crippen molar-refractivity contribution >= 4 is 23.3 Å². The van der Waals surface area contributed by atoms with Crippen molar-refractivity contribution in [1.82, 2.24) is 0 Å². The summed E-state index contributed by atoms with van der Waals surface area (Å²) < 4.78 is 36.3. The molecule has 0 unspecified atom stereocenters. The maximum atomic E-state index is 12.1. The second-order valence-corrected chi connectivity index (χ2v) is 5.05. The molecule has 0 aliphatic heterocycles. The van der Waals surface area contributed by atoms with Crippen LogP contribution in [0.15, 0.2) is 30.3 Å². The topological polar surface area (TPSA) is 53.1 Å². The number of anilines is 1. The van der Waals surface area contributed by atoms with Crippen molar-refractivity contribution in [2.45, 2.75) is 11.9 Å². The Morgan fingerprint density at radius 3 is 2.37 bits per heavy atom. The molecule has 0 fully saturated rings. The van der Waals surface area contributed by atoms with Gasteiger partial charge in [-0.05, 0) is 23.9 Å². The Balaban J connectivity index is 2.57. The number of halogens is 3. The molecule has 0 spiro atoms. The fraction of sp³-hybridized carbons (Fsp3) is 0.417. The molecule has 7 heteroatoms. The lowest BCUT2D eigenvalue weighted by Gasteiger charge is -2.24. The molecular formula is C12H16F3N3S. The molecule has 1 aromatic carbocycles. The first-order chi connectivity index (χ1) is 8.88.